The SMILES string of the molecule is CC/C=C/c1nc(CC)nn1Cc1ccc(-c2ccccc2-c2nnn[nH]2)cc1. The number of aryl methyl sites for hydroxylation is 1. The van der Waals surface area contributed by atoms with Crippen LogP contribution in [0.15, 0.2) is 54.6 Å². The zero-order chi connectivity index (χ0) is 20.1. The second-order valence-corrected chi connectivity index (χ2v) is 6.70. The summed E-state index contributed by atoms with van der Waals surface area (Å²) in [7, 11) is 0. The van der Waals surface area contributed by atoms with E-state index in [0.717, 1.165) is 41.2 Å². The molecule has 0 aliphatic rings. The molecule has 0 unspecified atom stereocenters. The van der Waals surface area contributed by atoms with Crippen molar-refractivity contribution < 1.29 is 0 Å². The third-order valence-electron chi connectivity index (χ3n) is 4.69. The Kier molecular flexibility index (Phi) is 5.56. The lowest BCUT2D eigenvalue weighted by molar-refractivity contribution is 0.667. The first-order valence-corrected chi connectivity index (χ1v) is 9.81. The summed E-state index contributed by atoms with van der Waals surface area (Å²) < 4.78 is 1.97. The number of hydrogen-bond donors (Lipinski definition) is 1. The van der Waals surface area contributed by atoms with E-state index in [2.05, 4.69) is 81.0 Å². The summed E-state index contributed by atoms with van der Waals surface area (Å²) in [4.78, 5) is 4.61. The fourth-order valence-electron chi connectivity index (χ4n) is 3.19. The Bertz CT molecular complexity index is 1090. The second kappa shape index (κ2) is 8.60. The largest absolute Gasteiger partial charge is 0.242 e. The molecule has 2 aromatic heterocycles. The highest BCUT2D eigenvalue weighted by atomic mass is 15.5. The van der Waals surface area contributed by atoms with Gasteiger partial charge in [0.15, 0.2) is 17.5 Å². The molecule has 0 amide bonds. The third-order valence-corrected chi connectivity index (χ3v) is 4.69. The number of aromatic amines is 1. The number of nitrogens with one attached hydrogen (secondary N) is 1. The first-order chi connectivity index (χ1) is 14.3. The Balaban J connectivity index is 1.60. The van der Waals surface area contributed by atoms with Gasteiger partial charge < -0.3 is 0 Å². The number of rotatable bonds is 7. The van der Waals surface area contributed by atoms with Crippen LogP contribution in [0.25, 0.3) is 28.6 Å². The molecule has 2 heterocycles. The minimum absolute atomic E-state index is 0.659. The lowest BCUT2D eigenvalue weighted by Crippen LogP contribution is -2.04. The Morgan fingerprint density at radius 3 is 2.48 bits per heavy atom. The maximum absolute atomic E-state index is 4.63. The first kappa shape index (κ1) is 18.7. The Labute approximate surface area is 169 Å². The standard InChI is InChI=1S/C22H23N7/c1-3-5-10-21-23-20(4-2)26-29(21)15-16-11-13-17(14-12-16)18-8-6-7-9-19(18)22-24-27-28-25-22/h5-14H,3-4,15H2,1-2H3,(H,24,25,27,28)/b10-5+. The summed E-state index contributed by atoms with van der Waals surface area (Å²) >= 11 is 0. The van der Waals surface area contributed by atoms with Crippen LogP contribution in [-0.4, -0.2) is 35.4 Å². The Morgan fingerprint density at radius 1 is 1.00 bits per heavy atom. The van der Waals surface area contributed by atoms with E-state index in [1.54, 1.807) is 0 Å². The van der Waals surface area contributed by atoms with Gasteiger partial charge in [-0.1, -0.05) is 68.5 Å². The van der Waals surface area contributed by atoms with Gasteiger partial charge in [-0.3, -0.25) is 0 Å². The monoisotopic (exact) mass is 385 g/mol. The molecular formula is C22H23N7. The van der Waals surface area contributed by atoms with E-state index >= 15 is 0 Å². The number of allylic oxidation sites excluding steroid dienone is 1. The van der Waals surface area contributed by atoms with Crippen LogP contribution in [0.2, 0.25) is 0 Å². The molecule has 0 saturated carbocycles. The molecular weight excluding hydrogens is 362 g/mol. The summed E-state index contributed by atoms with van der Waals surface area (Å²) in [5, 5.41) is 18.9. The van der Waals surface area contributed by atoms with Gasteiger partial charge in [-0.25, -0.2) is 14.8 Å². The minimum atomic E-state index is 0.659. The topological polar surface area (TPSA) is 85.2 Å². The molecule has 0 aliphatic carbocycles. The van der Waals surface area contributed by atoms with E-state index in [1.165, 1.54) is 5.56 Å². The van der Waals surface area contributed by atoms with Crippen LogP contribution in [0, 0.1) is 0 Å². The molecule has 0 atom stereocenters. The molecule has 29 heavy (non-hydrogen) atoms. The number of benzene rings is 2. The zero-order valence-electron chi connectivity index (χ0n) is 16.6. The molecule has 1 N–H and O–H groups in total. The highest BCUT2D eigenvalue weighted by Crippen LogP contribution is 2.29. The van der Waals surface area contributed by atoms with Gasteiger partial charge in [0.25, 0.3) is 0 Å². The van der Waals surface area contributed by atoms with Gasteiger partial charge in [0.05, 0.1) is 6.54 Å². The Morgan fingerprint density at radius 2 is 1.79 bits per heavy atom. The van der Waals surface area contributed by atoms with Crippen molar-refractivity contribution in [2.75, 3.05) is 0 Å². The molecule has 7 heteroatoms. The summed E-state index contributed by atoms with van der Waals surface area (Å²) in [6.07, 6.45) is 5.95. The second-order valence-electron chi connectivity index (χ2n) is 6.70. The number of aromatic nitrogens is 7. The first-order valence-electron chi connectivity index (χ1n) is 9.81. The van der Waals surface area contributed by atoms with E-state index in [9.17, 15) is 0 Å². The molecule has 0 saturated heterocycles. The molecule has 4 aromatic rings. The molecule has 7 nitrogen and oxygen atoms in total. The van der Waals surface area contributed by atoms with Gasteiger partial charge in [-0.2, -0.15) is 5.10 Å². The summed E-state index contributed by atoms with van der Waals surface area (Å²) in [6.45, 7) is 4.87. The molecule has 2 aromatic carbocycles. The van der Waals surface area contributed by atoms with Crippen molar-refractivity contribution in [2.45, 2.75) is 33.2 Å². The van der Waals surface area contributed by atoms with E-state index in [-0.39, 0.29) is 0 Å². The van der Waals surface area contributed by atoms with Gasteiger partial charge in [0.2, 0.25) is 0 Å². The maximum Gasteiger partial charge on any atom is 0.180 e. The van der Waals surface area contributed by atoms with Crippen LogP contribution >= 0.6 is 0 Å². The Hall–Kier alpha value is -3.61. The maximum atomic E-state index is 4.63. The lowest BCUT2D eigenvalue weighted by Gasteiger charge is -2.09. The average molecular weight is 385 g/mol. The van der Waals surface area contributed by atoms with Crippen LogP contribution in [0.4, 0.5) is 0 Å². The quantitative estimate of drug-likeness (QED) is 0.516. The molecule has 0 aliphatic heterocycles. The molecule has 4 rings (SSSR count). The highest BCUT2D eigenvalue weighted by Gasteiger charge is 2.11. The van der Waals surface area contributed by atoms with Crippen LogP contribution in [0.1, 0.15) is 37.5 Å². The summed E-state index contributed by atoms with van der Waals surface area (Å²) in [6, 6.07) is 16.6. The van der Waals surface area contributed by atoms with Crippen molar-refractivity contribution >= 4 is 6.08 Å². The van der Waals surface area contributed by atoms with Crippen LogP contribution in [0.3, 0.4) is 0 Å². The van der Waals surface area contributed by atoms with Crippen LogP contribution < -0.4 is 0 Å². The predicted octanol–water partition coefficient (Wildman–Crippen LogP) is 4.16. The molecule has 0 radical (unpaired) electrons. The summed E-state index contributed by atoms with van der Waals surface area (Å²) in [5.41, 5.74) is 4.34. The number of tetrazole rings is 1. The fraction of sp³-hybridized carbons (Fsp3) is 0.227. The van der Waals surface area contributed by atoms with Crippen molar-refractivity contribution in [1.29, 1.82) is 0 Å². The number of H-pyrrole nitrogens is 1. The van der Waals surface area contributed by atoms with Gasteiger partial charge >= 0.3 is 0 Å². The molecule has 0 bridgehead atoms. The summed E-state index contributed by atoms with van der Waals surface area (Å²) in [5.74, 6) is 2.43. The smallest absolute Gasteiger partial charge is 0.180 e. The third kappa shape index (κ3) is 4.13. The highest BCUT2D eigenvalue weighted by molar-refractivity contribution is 5.80. The van der Waals surface area contributed by atoms with Gasteiger partial charge in [-0.05, 0) is 39.6 Å². The van der Waals surface area contributed by atoms with Crippen molar-refractivity contribution in [3.63, 3.8) is 0 Å². The lowest BCUT2D eigenvalue weighted by atomic mass is 9.98. The van der Waals surface area contributed by atoms with Gasteiger partial charge in [0, 0.05) is 12.0 Å². The van der Waals surface area contributed by atoms with Crippen molar-refractivity contribution in [1.82, 2.24) is 35.4 Å². The zero-order valence-corrected chi connectivity index (χ0v) is 16.6. The van der Waals surface area contributed by atoms with Gasteiger partial charge in [-0.15, -0.1) is 5.10 Å². The average Bonchev–Trinajstić information content (AvgIpc) is 3.43. The van der Waals surface area contributed by atoms with E-state index in [4.69, 9.17) is 0 Å². The molecule has 0 spiro atoms. The van der Waals surface area contributed by atoms with Crippen LogP contribution in [0.5, 0.6) is 0 Å². The fourth-order valence-corrected chi connectivity index (χ4v) is 3.19. The van der Waals surface area contributed by atoms with Crippen molar-refractivity contribution in [3.05, 3.63) is 71.8 Å². The van der Waals surface area contributed by atoms with E-state index < -0.39 is 0 Å². The molecule has 0 fully saturated rings. The normalized spacial score (nSPS) is 11.4. The minimum Gasteiger partial charge on any atom is -0.242 e. The predicted molar refractivity (Wildman–Crippen MR) is 113 cm³/mol. The molecule has 146 valence electrons. The number of nitrogens with zero attached hydrogens (tertiary/aromatic N) is 6. The van der Waals surface area contributed by atoms with Crippen molar-refractivity contribution in [3.8, 4) is 22.5 Å². The van der Waals surface area contributed by atoms with Crippen LogP contribution in [-0.2, 0) is 13.0 Å². The van der Waals surface area contributed by atoms with Crippen molar-refractivity contribution in [2.24, 2.45) is 0 Å². The van der Waals surface area contributed by atoms with E-state index in [0.29, 0.717) is 12.4 Å². The van der Waals surface area contributed by atoms with Gasteiger partial charge in [0.1, 0.15) is 0 Å². The van der Waals surface area contributed by atoms with E-state index in [1.807, 2.05) is 29.0 Å². The number of hydrogen-bond acceptors (Lipinski definition) is 5.